The lowest BCUT2D eigenvalue weighted by atomic mass is 9.96. The molecule has 136 valence electrons. The van der Waals surface area contributed by atoms with Crippen LogP contribution >= 0.6 is 0 Å². The third kappa shape index (κ3) is 3.57. The minimum Gasteiger partial charge on any atom is -0.496 e. The number of carboxylic acids is 1. The van der Waals surface area contributed by atoms with Gasteiger partial charge in [0.1, 0.15) is 11.3 Å². The summed E-state index contributed by atoms with van der Waals surface area (Å²) < 4.78 is 5.20. The van der Waals surface area contributed by atoms with Crippen molar-refractivity contribution in [3.05, 3.63) is 59.2 Å². The Morgan fingerprint density at radius 2 is 1.96 bits per heavy atom. The van der Waals surface area contributed by atoms with Gasteiger partial charge in [-0.3, -0.25) is 4.79 Å². The molecular formula is C21H23NO4. The number of amides is 1. The molecule has 0 aliphatic carbocycles. The molecule has 0 aromatic heterocycles. The van der Waals surface area contributed by atoms with Crippen LogP contribution < -0.4 is 9.64 Å². The molecule has 1 atom stereocenters. The van der Waals surface area contributed by atoms with Crippen LogP contribution in [0.4, 0.5) is 5.69 Å². The van der Waals surface area contributed by atoms with Gasteiger partial charge in [0, 0.05) is 24.6 Å². The number of carbonyl (C=O) groups excluding carboxylic acids is 1. The fourth-order valence-electron chi connectivity index (χ4n) is 3.45. The molecule has 26 heavy (non-hydrogen) atoms. The standard InChI is InChI=1S/C21H23NO4/c1-3-4-14-5-8-17(9-6-14)22-13-16(12-20(22)23)15-7-10-18(21(24)25)19(11-15)26-2/h5-11,16H,3-4,12-13H2,1-2H3,(H,24,25). The largest absolute Gasteiger partial charge is 0.496 e. The molecule has 0 spiro atoms. The predicted molar refractivity (Wildman–Crippen MR) is 100 cm³/mol. The van der Waals surface area contributed by atoms with Gasteiger partial charge in [-0.05, 0) is 41.8 Å². The summed E-state index contributed by atoms with van der Waals surface area (Å²) in [5, 5.41) is 9.20. The van der Waals surface area contributed by atoms with E-state index in [2.05, 4.69) is 19.1 Å². The van der Waals surface area contributed by atoms with Crippen LogP contribution in [0.2, 0.25) is 0 Å². The smallest absolute Gasteiger partial charge is 0.339 e. The molecule has 0 radical (unpaired) electrons. The van der Waals surface area contributed by atoms with E-state index in [1.165, 1.54) is 12.7 Å². The Morgan fingerprint density at radius 1 is 1.23 bits per heavy atom. The SMILES string of the molecule is CCCc1ccc(N2CC(c3ccc(C(=O)O)c(OC)c3)CC2=O)cc1. The molecule has 5 nitrogen and oxygen atoms in total. The highest BCUT2D eigenvalue weighted by atomic mass is 16.5. The van der Waals surface area contributed by atoms with Crippen molar-refractivity contribution in [3.63, 3.8) is 0 Å². The Kier molecular flexibility index (Phi) is 5.26. The number of aromatic carboxylic acids is 1. The second-order valence-corrected chi connectivity index (χ2v) is 6.59. The third-order valence-electron chi connectivity index (χ3n) is 4.84. The average molecular weight is 353 g/mol. The van der Waals surface area contributed by atoms with Gasteiger partial charge in [0.05, 0.1) is 7.11 Å². The Hall–Kier alpha value is -2.82. The molecule has 2 aromatic carbocycles. The summed E-state index contributed by atoms with van der Waals surface area (Å²) >= 11 is 0. The number of hydrogen-bond donors (Lipinski definition) is 1. The number of aryl methyl sites for hydroxylation is 1. The summed E-state index contributed by atoms with van der Waals surface area (Å²) in [5.74, 6) is -0.594. The molecule has 1 saturated heterocycles. The number of ether oxygens (including phenoxy) is 1. The predicted octanol–water partition coefficient (Wildman–Crippen LogP) is 3.87. The van der Waals surface area contributed by atoms with Gasteiger partial charge in [-0.15, -0.1) is 0 Å². The van der Waals surface area contributed by atoms with Crippen molar-refractivity contribution in [2.24, 2.45) is 0 Å². The summed E-state index contributed by atoms with van der Waals surface area (Å²) in [6.07, 6.45) is 2.54. The molecule has 3 rings (SSSR count). The second kappa shape index (κ2) is 7.60. The number of nitrogens with zero attached hydrogens (tertiary/aromatic N) is 1. The van der Waals surface area contributed by atoms with Gasteiger partial charge in [0.15, 0.2) is 0 Å². The summed E-state index contributed by atoms with van der Waals surface area (Å²) in [5.41, 5.74) is 3.23. The van der Waals surface area contributed by atoms with Gasteiger partial charge < -0.3 is 14.7 Å². The fraction of sp³-hybridized carbons (Fsp3) is 0.333. The first-order valence-electron chi connectivity index (χ1n) is 8.84. The monoisotopic (exact) mass is 353 g/mol. The topological polar surface area (TPSA) is 66.8 Å². The van der Waals surface area contributed by atoms with Gasteiger partial charge in [-0.25, -0.2) is 4.79 Å². The Bertz CT molecular complexity index is 813. The maximum absolute atomic E-state index is 12.5. The van der Waals surface area contributed by atoms with Crippen LogP contribution in [0.1, 0.15) is 47.2 Å². The zero-order valence-electron chi connectivity index (χ0n) is 15.1. The first kappa shape index (κ1) is 18.0. The lowest BCUT2D eigenvalue weighted by Crippen LogP contribution is -2.24. The quantitative estimate of drug-likeness (QED) is 0.856. The molecule has 2 aromatic rings. The summed E-state index contributed by atoms with van der Waals surface area (Å²) in [7, 11) is 1.45. The lowest BCUT2D eigenvalue weighted by molar-refractivity contribution is -0.117. The van der Waals surface area contributed by atoms with Crippen LogP contribution in [-0.2, 0) is 11.2 Å². The van der Waals surface area contributed by atoms with Crippen LogP contribution in [0.25, 0.3) is 0 Å². The summed E-state index contributed by atoms with van der Waals surface area (Å²) in [6, 6.07) is 13.2. The van der Waals surface area contributed by atoms with Crippen molar-refractivity contribution < 1.29 is 19.4 Å². The van der Waals surface area contributed by atoms with E-state index in [1.54, 1.807) is 23.1 Å². The Morgan fingerprint density at radius 3 is 2.58 bits per heavy atom. The molecule has 1 fully saturated rings. The van der Waals surface area contributed by atoms with E-state index in [0.29, 0.717) is 18.7 Å². The fourth-order valence-corrected chi connectivity index (χ4v) is 3.45. The lowest BCUT2D eigenvalue weighted by Gasteiger charge is -2.18. The number of rotatable bonds is 6. The van der Waals surface area contributed by atoms with Crippen molar-refractivity contribution in [3.8, 4) is 5.75 Å². The number of carbonyl (C=O) groups is 2. The molecule has 1 aliphatic heterocycles. The number of anilines is 1. The highest BCUT2D eigenvalue weighted by molar-refractivity contribution is 5.96. The minimum atomic E-state index is -1.02. The maximum Gasteiger partial charge on any atom is 0.339 e. The molecule has 0 bridgehead atoms. The molecule has 1 aliphatic rings. The number of carboxylic acid groups (broad SMARTS) is 1. The molecule has 1 amide bonds. The van der Waals surface area contributed by atoms with Gasteiger partial charge in [0.2, 0.25) is 5.91 Å². The van der Waals surface area contributed by atoms with E-state index in [1.807, 2.05) is 12.1 Å². The van der Waals surface area contributed by atoms with Crippen molar-refractivity contribution in [1.82, 2.24) is 0 Å². The Labute approximate surface area is 153 Å². The first-order chi connectivity index (χ1) is 12.5. The summed E-state index contributed by atoms with van der Waals surface area (Å²) in [6.45, 7) is 2.73. The van der Waals surface area contributed by atoms with Crippen LogP contribution in [0, 0.1) is 0 Å². The maximum atomic E-state index is 12.5. The van der Waals surface area contributed by atoms with Crippen molar-refractivity contribution in [1.29, 1.82) is 0 Å². The van der Waals surface area contributed by atoms with E-state index >= 15 is 0 Å². The average Bonchev–Trinajstić information content (AvgIpc) is 3.03. The van der Waals surface area contributed by atoms with Crippen molar-refractivity contribution in [2.45, 2.75) is 32.1 Å². The zero-order valence-corrected chi connectivity index (χ0v) is 15.1. The first-order valence-corrected chi connectivity index (χ1v) is 8.84. The third-order valence-corrected chi connectivity index (χ3v) is 4.84. The zero-order chi connectivity index (χ0) is 18.7. The second-order valence-electron chi connectivity index (χ2n) is 6.59. The van der Waals surface area contributed by atoms with Crippen LogP contribution in [0.5, 0.6) is 5.75 Å². The molecule has 5 heteroatoms. The van der Waals surface area contributed by atoms with Gasteiger partial charge in [-0.1, -0.05) is 31.5 Å². The van der Waals surface area contributed by atoms with Gasteiger partial charge in [-0.2, -0.15) is 0 Å². The van der Waals surface area contributed by atoms with Crippen molar-refractivity contribution >= 4 is 17.6 Å². The minimum absolute atomic E-state index is 0.0227. The molecule has 1 unspecified atom stereocenters. The van der Waals surface area contributed by atoms with E-state index < -0.39 is 5.97 Å². The van der Waals surface area contributed by atoms with Crippen LogP contribution in [0.3, 0.4) is 0 Å². The number of benzene rings is 2. The van der Waals surface area contributed by atoms with Crippen LogP contribution in [-0.4, -0.2) is 30.6 Å². The molecular weight excluding hydrogens is 330 g/mol. The molecule has 0 saturated carbocycles. The van der Waals surface area contributed by atoms with Gasteiger partial charge >= 0.3 is 5.97 Å². The van der Waals surface area contributed by atoms with E-state index in [-0.39, 0.29) is 17.4 Å². The van der Waals surface area contributed by atoms with E-state index in [0.717, 1.165) is 24.1 Å². The van der Waals surface area contributed by atoms with E-state index in [4.69, 9.17) is 4.74 Å². The Balaban J connectivity index is 1.80. The molecule has 1 heterocycles. The number of hydrogen-bond acceptors (Lipinski definition) is 3. The van der Waals surface area contributed by atoms with Gasteiger partial charge in [0.25, 0.3) is 0 Å². The molecule has 1 N–H and O–H groups in total. The summed E-state index contributed by atoms with van der Waals surface area (Å²) in [4.78, 5) is 25.5. The highest BCUT2D eigenvalue weighted by Crippen LogP contribution is 2.34. The number of methoxy groups -OCH3 is 1. The van der Waals surface area contributed by atoms with E-state index in [9.17, 15) is 14.7 Å². The highest BCUT2D eigenvalue weighted by Gasteiger charge is 2.32. The van der Waals surface area contributed by atoms with Crippen LogP contribution in [0.15, 0.2) is 42.5 Å². The van der Waals surface area contributed by atoms with Crippen molar-refractivity contribution in [2.75, 3.05) is 18.6 Å². The normalized spacial score (nSPS) is 16.8.